The van der Waals surface area contributed by atoms with E-state index in [1.807, 2.05) is 19.1 Å². The van der Waals surface area contributed by atoms with Gasteiger partial charge in [0.2, 0.25) is 5.82 Å². The van der Waals surface area contributed by atoms with Gasteiger partial charge in [-0.2, -0.15) is 18.2 Å². The molecule has 0 aliphatic heterocycles. The monoisotopic (exact) mass is 371 g/mol. The van der Waals surface area contributed by atoms with Gasteiger partial charge in [-0.3, -0.25) is 9.36 Å². The zero-order valence-electron chi connectivity index (χ0n) is 14.0. The summed E-state index contributed by atoms with van der Waals surface area (Å²) < 4.78 is 43.6. The lowest BCUT2D eigenvalue weighted by Crippen LogP contribution is -2.10. The SMILES string of the molecule is Cc1ccc(C(=O)n2ccc3cc(-c4noc(C(F)(F)F)n4)ccc32)cc1. The number of carbonyl (C=O) groups is 1. The van der Waals surface area contributed by atoms with Crippen molar-refractivity contribution in [1.82, 2.24) is 14.7 Å². The topological polar surface area (TPSA) is 60.9 Å². The molecule has 2 heterocycles. The van der Waals surface area contributed by atoms with Crippen LogP contribution in [0, 0.1) is 6.92 Å². The highest BCUT2D eigenvalue weighted by atomic mass is 19.4. The molecule has 0 amide bonds. The molecule has 136 valence electrons. The normalized spacial score (nSPS) is 11.9. The Bertz CT molecular complexity index is 1140. The minimum absolute atomic E-state index is 0.165. The molecule has 0 saturated carbocycles. The lowest BCUT2D eigenvalue weighted by atomic mass is 10.1. The fourth-order valence-corrected chi connectivity index (χ4v) is 2.75. The minimum Gasteiger partial charge on any atom is -0.329 e. The molecule has 27 heavy (non-hydrogen) atoms. The Balaban J connectivity index is 1.70. The van der Waals surface area contributed by atoms with Crippen molar-refractivity contribution >= 4 is 16.8 Å². The van der Waals surface area contributed by atoms with E-state index in [1.54, 1.807) is 42.6 Å². The van der Waals surface area contributed by atoms with E-state index < -0.39 is 12.1 Å². The first-order valence-electron chi connectivity index (χ1n) is 7.97. The van der Waals surface area contributed by atoms with Crippen LogP contribution in [0.1, 0.15) is 21.8 Å². The highest BCUT2D eigenvalue weighted by molar-refractivity contribution is 6.02. The molecule has 0 spiro atoms. The third kappa shape index (κ3) is 3.10. The van der Waals surface area contributed by atoms with Crippen molar-refractivity contribution in [1.29, 1.82) is 0 Å². The molecule has 0 radical (unpaired) electrons. The Morgan fingerprint density at radius 1 is 1.07 bits per heavy atom. The molecule has 0 fully saturated rings. The van der Waals surface area contributed by atoms with Gasteiger partial charge in [0.1, 0.15) is 0 Å². The van der Waals surface area contributed by atoms with E-state index in [4.69, 9.17) is 0 Å². The third-order valence-electron chi connectivity index (χ3n) is 4.13. The van der Waals surface area contributed by atoms with E-state index in [-0.39, 0.29) is 11.7 Å². The van der Waals surface area contributed by atoms with E-state index in [0.29, 0.717) is 22.0 Å². The predicted molar refractivity (Wildman–Crippen MR) is 91.1 cm³/mol. The number of aryl methyl sites for hydroxylation is 1. The minimum atomic E-state index is -4.70. The van der Waals surface area contributed by atoms with Gasteiger partial charge in [0.25, 0.3) is 5.91 Å². The van der Waals surface area contributed by atoms with Crippen molar-refractivity contribution in [2.24, 2.45) is 0 Å². The van der Waals surface area contributed by atoms with Crippen LogP contribution in [0.4, 0.5) is 13.2 Å². The van der Waals surface area contributed by atoms with E-state index >= 15 is 0 Å². The highest BCUT2D eigenvalue weighted by Crippen LogP contribution is 2.30. The van der Waals surface area contributed by atoms with E-state index in [9.17, 15) is 18.0 Å². The summed E-state index contributed by atoms with van der Waals surface area (Å²) in [5, 5.41) is 4.05. The number of hydrogen-bond acceptors (Lipinski definition) is 4. The van der Waals surface area contributed by atoms with Crippen molar-refractivity contribution in [2.45, 2.75) is 13.1 Å². The van der Waals surface area contributed by atoms with Crippen molar-refractivity contribution in [3.8, 4) is 11.4 Å². The first-order valence-corrected chi connectivity index (χ1v) is 7.97. The average Bonchev–Trinajstić information content (AvgIpc) is 3.28. The van der Waals surface area contributed by atoms with Gasteiger partial charge < -0.3 is 4.52 Å². The zero-order chi connectivity index (χ0) is 19.2. The summed E-state index contributed by atoms with van der Waals surface area (Å²) in [5.41, 5.74) is 2.58. The van der Waals surface area contributed by atoms with Crippen molar-refractivity contribution < 1.29 is 22.5 Å². The van der Waals surface area contributed by atoms with Crippen LogP contribution in [0.25, 0.3) is 22.3 Å². The second-order valence-electron chi connectivity index (χ2n) is 6.05. The van der Waals surface area contributed by atoms with Crippen LogP contribution in [-0.2, 0) is 6.18 Å². The molecule has 0 aliphatic carbocycles. The molecule has 4 rings (SSSR count). The van der Waals surface area contributed by atoms with Gasteiger partial charge in [-0.25, -0.2) is 0 Å². The number of nitrogens with zero attached hydrogens (tertiary/aromatic N) is 3. The van der Waals surface area contributed by atoms with Crippen LogP contribution >= 0.6 is 0 Å². The quantitative estimate of drug-likeness (QED) is 0.512. The molecule has 2 aromatic carbocycles. The molecule has 5 nitrogen and oxygen atoms in total. The van der Waals surface area contributed by atoms with Gasteiger partial charge >= 0.3 is 12.1 Å². The molecule has 2 aromatic heterocycles. The maximum absolute atomic E-state index is 12.7. The number of alkyl halides is 3. The molecule has 4 aromatic rings. The van der Waals surface area contributed by atoms with Crippen molar-refractivity contribution in [3.63, 3.8) is 0 Å². The summed E-state index contributed by atoms with van der Waals surface area (Å²) in [5.74, 6) is -1.76. The summed E-state index contributed by atoms with van der Waals surface area (Å²) in [6.45, 7) is 1.93. The van der Waals surface area contributed by atoms with Gasteiger partial charge in [0, 0.05) is 22.7 Å². The fourth-order valence-electron chi connectivity index (χ4n) is 2.75. The smallest absolute Gasteiger partial charge is 0.329 e. The first kappa shape index (κ1) is 17.0. The second-order valence-corrected chi connectivity index (χ2v) is 6.05. The summed E-state index contributed by atoms with van der Waals surface area (Å²) in [6, 6.07) is 13.7. The van der Waals surface area contributed by atoms with Gasteiger partial charge in [0.15, 0.2) is 0 Å². The third-order valence-corrected chi connectivity index (χ3v) is 4.13. The van der Waals surface area contributed by atoms with Gasteiger partial charge in [-0.05, 0) is 43.3 Å². The number of carbonyl (C=O) groups excluding carboxylic acids is 1. The molecule has 0 aliphatic rings. The number of hydrogen-bond donors (Lipinski definition) is 0. The lowest BCUT2D eigenvalue weighted by Gasteiger charge is -2.05. The second kappa shape index (κ2) is 6.08. The largest absolute Gasteiger partial charge is 0.471 e. The summed E-state index contributed by atoms with van der Waals surface area (Å²) in [4.78, 5) is 16.1. The van der Waals surface area contributed by atoms with Crippen LogP contribution in [-0.4, -0.2) is 20.6 Å². The Kier molecular flexibility index (Phi) is 3.83. The van der Waals surface area contributed by atoms with Crippen LogP contribution in [0.3, 0.4) is 0 Å². The summed E-state index contributed by atoms with van der Waals surface area (Å²) in [6.07, 6.45) is -3.08. The molecular weight excluding hydrogens is 359 g/mol. The zero-order valence-corrected chi connectivity index (χ0v) is 14.0. The van der Waals surface area contributed by atoms with Crippen LogP contribution in [0.15, 0.2) is 59.3 Å². The number of rotatable bonds is 2. The molecule has 0 atom stereocenters. The number of fused-ring (bicyclic) bond motifs is 1. The molecule has 0 N–H and O–H groups in total. The molecule has 0 saturated heterocycles. The van der Waals surface area contributed by atoms with Crippen molar-refractivity contribution in [3.05, 3.63) is 71.7 Å². The van der Waals surface area contributed by atoms with E-state index in [1.165, 1.54) is 4.57 Å². The maximum Gasteiger partial charge on any atom is 0.471 e. The molecular formula is C19H12F3N3O2. The standard InChI is InChI=1S/C19H12F3N3O2/c1-11-2-4-12(5-3-11)17(26)25-9-8-13-10-14(6-7-15(13)25)16-23-18(27-24-16)19(20,21)22/h2-10H,1H3. The maximum atomic E-state index is 12.7. The van der Waals surface area contributed by atoms with E-state index in [0.717, 1.165) is 5.56 Å². The fraction of sp³-hybridized carbons (Fsp3) is 0.105. The summed E-state index contributed by atoms with van der Waals surface area (Å²) >= 11 is 0. The van der Waals surface area contributed by atoms with E-state index in [2.05, 4.69) is 14.7 Å². The molecule has 0 bridgehead atoms. The lowest BCUT2D eigenvalue weighted by molar-refractivity contribution is -0.159. The Morgan fingerprint density at radius 2 is 1.81 bits per heavy atom. The Morgan fingerprint density at radius 3 is 2.48 bits per heavy atom. The Labute approximate surface area is 151 Å². The van der Waals surface area contributed by atoms with Crippen LogP contribution in [0.5, 0.6) is 0 Å². The van der Waals surface area contributed by atoms with Gasteiger partial charge in [0.05, 0.1) is 5.52 Å². The predicted octanol–water partition coefficient (Wildman–Crippen LogP) is 4.71. The molecule has 0 unspecified atom stereocenters. The number of halogens is 3. The number of aromatic nitrogens is 3. The van der Waals surface area contributed by atoms with Gasteiger partial charge in [-0.15, -0.1) is 0 Å². The summed E-state index contributed by atoms with van der Waals surface area (Å²) in [7, 11) is 0. The highest BCUT2D eigenvalue weighted by Gasteiger charge is 2.38. The van der Waals surface area contributed by atoms with Crippen molar-refractivity contribution in [2.75, 3.05) is 0 Å². The molecule has 8 heteroatoms. The number of benzene rings is 2. The average molecular weight is 371 g/mol. The first-order chi connectivity index (χ1) is 12.8. The van der Waals surface area contributed by atoms with Gasteiger partial charge in [-0.1, -0.05) is 22.9 Å². The van der Waals surface area contributed by atoms with Crippen LogP contribution in [0.2, 0.25) is 0 Å². The Hall–Kier alpha value is -3.42. The van der Waals surface area contributed by atoms with Crippen LogP contribution < -0.4 is 0 Å².